The summed E-state index contributed by atoms with van der Waals surface area (Å²) in [5, 5.41) is 0. The molecule has 1 saturated heterocycles. The first-order valence-corrected chi connectivity index (χ1v) is 5.74. The molecule has 1 aliphatic carbocycles. The van der Waals surface area contributed by atoms with Crippen LogP contribution in [0.2, 0.25) is 0 Å². The maximum Gasteiger partial charge on any atom is 0.110 e. The zero-order valence-corrected chi connectivity index (χ0v) is 8.76. The Morgan fingerprint density at radius 1 is 1.20 bits per heavy atom. The van der Waals surface area contributed by atoms with Crippen LogP contribution in [0.3, 0.4) is 0 Å². The van der Waals surface area contributed by atoms with Crippen LogP contribution < -0.4 is 0 Å². The van der Waals surface area contributed by atoms with Crippen molar-refractivity contribution in [3.63, 3.8) is 0 Å². The molecule has 1 aromatic carbocycles. The number of hydrogen-bond acceptors (Lipinski definition) is 2. The Morgan fingerprint density at radius 2 is 2.07 bits per heavy atom. The van der Waals surface area contributed by atoms with Gasteiger partial charge in [0.25, 0.3) is 0 Å². The van der Waals surface area contributed by atoms with Gasteiger partial charge in [-0.05, 0) is 24.8 Å². The molecule has 0 aromatic heterocycles. The first-order valence-electron chi connectivity index (χ1n) is 5.74. The molecule has 1 saturated carbocycles. The molecule has 2 aliphatic rings. The summed E-state index contributed by atoms with van der Waals surface area (Å²) in [6, 6.07) is 10.3. The minimum Gasteiger partial charge on any atom is -0.371 e. The van der Waals surface area contributed by atoms with Crippen molar-refractivity contribution in [1.29, 1.82) is 0 Å². The molecule has 1 unspecified atom stereocenters. The van der Waals surface area contributed by atoms with Crippen molar-refractivity contribution in [1.82, 2.24) is 0 Å². The second-order valence-corrected chi connectivity index (χ2v) is 4.41. The molecule has 80 valence electrons. The molecule has 0 bridgehead atoms. The lowest BCUT2D eigenvalue weighted by atomic mass is 9.98. The van der Waals surface area contributed by atoms with Crippen LogP contribution in [-0.4, -0.2) is 18.3 Å². The highest BCUT2D eigenvalue weighted by atomic mass is 16.6. The van der Waals surface area contributed by atoms with Crippen molar-refractivity contribution in [3.05, 3.63) is 35.9 Å². The molecule has 3 rings (SSSR count). The highest BCUT2D eigenvalue weighted by Gasteiger charge is 2.47. The standard InChI is InChI=1S/C13H16O2/c1-2-5-10(6-3-1)9-14-11-7-4-8-12-13(11)15-12/h1-3,5-6,11-13H,4,7-9H2/t11-,12?,13-/m0/s1. The summed E-state index contributed by atoms with van der Waals surface area (Å²) >= 11 is 0. The number of hydrogen-bond donors (Lipinski definition) is 0. The fourth-order valence-corrected chi connectivity index (χ4v) is 2.36. The van der Waals surface area contributed by atoms with E-state index in [9.17, 15) is 0 Å². The summed E-state index contributed by atoms with van der Waals surface area (Å²) in [5.41, 5.74) is 1.25. The first-order chi connectivity index (χ1) is 7.43. The van der Waals surface area contributed by atoms with Gasteiger partial charge >= 0.3 is 0 Å². The van der Waals surface area contributed by atoms with Crippen molar-refractivity contribution < 1.29 is 9.47 Å². The van der Waals surface area contributed by atoms with Gasteiger partial charge in [0.05, 0.1) is 18.8 Å². The first kappa shape index (κ1) is 9.37. The Hall–Kier alpha value is -0.860. The minimum atomic E-state index is 0.337. The Morgan fingerprint density at radius 3 is 2.93 bits per heavy atom. The maximum absolute atomic E-state index is 5.90. The average molecular weight is 204 g/mol. The van der Waals surface area contributed by atoms with Crippen LogP contribution in [0.15, 0.2) is 30.3 Å². The summed E-state index contributed by atoms with van der Waals surface area (Å²) in [7, 11) is 0. The maximum atomic E-state index is 5.90. The van der Waals surface area contributed by atoms with Gasteiger partial charge in [-0.1, -0.05) is 30.3 Å². The zero-order valence-electron chi connectivity index (χ0n) is 8.76. The molecule has 1 aliphatic heterocycles. The number of ether oxygens (including phenoxy) is 2. The lowest BCUT2D eigenvalue weighted by Crippen LogP contribution is -2.25. The molecular weight excluding hydrogens is 188 g/mol. The second kappa shape index (κ2) is 3.95. The normalized spacial score (nSPS) is 33.5. The lowest BCUT2D eigenvalue weighted by Gasteiger charge is -2.18. The van der Waals surface area contributed by atoms with Crippen LogP contribution in [0.5, 0.6) is 0 Å². The van der Waals surface area contributed by atoms with E-state index in [-0.39, 0.29) is 0 Å². The number of epoxide rings is 1. The Bertz CT molecular complexity index is 323. The number of benzene rings is 1. The van der Waals surface area contributed by atoms with Crippen LogP contribution in [0.25, 0.3) is 0 Å². The fraction of sp³-hybridized carbons (Fsp3) is 0.538. The summed E-state index contributed by atoms with van der Waals surface area (Å²) in [4.78, 5) is 0. The van der Waals surface area contributed by atoms with E-state index in [0.29, 0.717) is 18.3 Å². The molecular formula is C13H16O2. The predicted octanol–water partition coefficient (Wildman–Crippen LogP) is 2.52. The monoisotopic (exact) mass is 204 g/mol. The molecule has 0 amide bonds. The van der Waals surface area contributed by atoms with Gasteiger partial charge in [0.2, 0.25) is 0 Å². The van der Waals surface area contributed by atoms with E-state index in [4.69, 9.17) is 9.47 Å². The van der Waals surface area contributed by atoms with Crippen LogP contribution in [-0.2, 0) is 16.1 Å². The Balaban J connectivity index is 1.54. The van der Waals surface area contributed by atoms with Crippen molar-refractivity contribution >= 4 is 0 Å². The van der Waals surface area contributed by atoms with Gasteiger partial charge in [-0.15, -0.1) is 0 Å². The van der Waals surface area contributed by atoms with Crippen molar-refractivity contribution in [2.24, 2.45) is 0 Å². The van der Waals surface area contributed by atoms with Gasteiger partial charge in [0, 0.05) is 0 Å². The van der Waals surface area contributed by atoms with Gasteiger partial charge in [-0.3, -0.25) is 0 Å². The summed E-state index contributed by atoms with van der Waals surface area (Å²) in [5.74, 6) is 0. The van der Waals surface area contributed by atoms with E-state index < -0.39 is 0 Å². The highest BCUT2D eigenvalue weighted by molar-refractivity contribution is 5.13. The number of rotatable bonds is 3. The highest BCUT2D eigenvalue weighted by Crippen LogP contribution is 2.38. The summed E-state index contributed by atoms with van der Waals surface area (Å²) in [6.07, 6.45) is 4.90. The van der Waals surface area contributed by atoms with E-state index in [1.165, 1.54) is 18.4 Å². The predicted molar refractivity (Wildman–Crippen MR) is 57.5 cm³/mol. The van der Waals surface area contributed by atoms with E-state index in [1.54, 1.807) is 0 Å². The van der Waals surface area contributed by atoms with Crippen LogP contribution >= 0.6 is 0 Å². The molecule has 0 radical (unpaired) electrons. The van der Waals surface area contributed by atoms with Crippen LogP contribution in [0.1, 0.15) is 24.8 Å². The smallest absolute Gasteiger partial charge is 0.110 e. The SMILES string of the molecule is c1ccc(CO[C@H]2CCCC3O[C@H]32)cc1. The van der Waals surface area contributed by atoms with Crippen LogP contribution in [0.4, 0.5) is 0 Å². The molecule has 15 heavy (non-hydrogen) atoms. The van der Waals surface area contributed by atoms with E-state index >= 15 is 0 Å². The molecule has 0 spiro atoms. The van der Waals surface area contributed by atoms with Crippen molar-refractivity contribution in [3.8, 4) is 0 Å². The molecule has 1 aromatic rings. The molecule has 2 fully saturated rings. The van der Waals surface area contributed by atoms with E-state index in [2.05, 4.69) is 24.3 Å². The molecule has 1 heterocycles. The van der Waals surface area contributed by atoms with Gasteiger partial charge < -0.3 is 9.47 Å². The molecule has 3 atom stereocenters. The molecule has 2 nitrogen and oxygen atoms in total. The van der Waals surface area contributed by atoms with Gasteiger partial charge in [0.1, 0.15) is 6.10 Å². The number of fused-ring (bicyclic) bond motifs is 1. The van der Waals surface area contributed by atoms with Crippen LogP contribution in [0, 0.1) is 0 Å². The van der Waals surface area contributed by atoms with Gasteiger partial charge in [-0.25, -0.2) is 0 Å². The van der Waals surface area contributed by atoms with Gasteiger partial charge in [0.15, 0.2) is 0 Å². The van der Waals surface area contributed by atoms with Crippen molar-refractivity contribution in [2.45, 2.75) is 44.2 Å². The third kappa shape index (κ3) is 2.06. The quantitative estimate of drug-likeness (QED) is 0.706. The molecule has 0 N–H and O–H groups in total. The zero-order chi connectivity index (χ0) is 10.1. The van der Waals surface area contributed by atoms with E-state index in [0.717, 1.165) is 13.0 Å². The fourth-order valence-electron chi connectivity index (χ4n) is 2.36. The summed E-state index contributed by atoms with van der Waals surface area (Å²) < 4.78 is 11.5. The Kier molecular flexibility index (Phi) is 2.47. The van der Waals surface area contributed by atoms with E-state index in [1.807, 2.05) is 6.07 Å². The largest absolute Gasteiger partial charge is 0.371 e. The minimum absolute atomic E-state index is 0.337. The molecule has 2 heteroatoms. The third-order valence-corrected chi connectivity index (χ3v) is 3.27. The lowest BCUT2D eigenvalue weighted by molar-refractivity contribution is 0.0135. The van der Waals surface area contributed by atoms with Gasteiger partial charge in [-0.2, -0.15) is 0 Å². The topological polar surface area (TPSA) is 21.8 Å². The van der Waals surface area contributed by atoms with Crippen molar-refractivity contribution in [2.75, 3.05) is 0 Å². The average Bonchev–Trinajstić information content (AvgIpc) is 3.07. The summed E-state index contributed by atoms with van der Waals surface area (Å²) in [6.45, 7) is 0.720. The third-order valence-electron chi connectivity index (χ3n) is 3.27. The second-order valence-electron chi connectivity index (χ2n) is 4.41. The Labute approximate surface area is 90.2 Å².